The van der Waals surface area contributed by atoms with E-state index in [0.29, 0.717) is 18.8 Å². The number of carbonyl (C=O) groups is 1. The first-order valence-corrected chi connectivity index (χ1v) is 6.06. The number of rotatable bonds is 5. The van der Waals surface area contributed by atoms with Crippen LogP contribution in [0.5, 0.6) is 5.75 Å². The number of aromatic nitrogens is 1. The Balaban J connectivity index is 0. The molecule has 0 bridgehead atoms. The molecule has 0 aliphatic heterocycles. The molecule has 1 aromatic heterocycles. The van der Waals surface area contributed by atoms with Crippen LogP contribution in [0.3, 0.4) is 0 Å². The molecule has 1 rings (SSSR count). The number of pyridine rings is 1. The smallest absolute Gasteiger partial charge is 0.408 e. The van der Waals surface area contributed by atoms with Crippen molar-refractivity contribution in [2.75, 3.05) is 27.7 Å². The second kappa shape index (κ2) is 10.7. The van der Waals surface area contributed by atoms with Gasteiger partial charge in [-0.15, -0.1) is 24.8 Å². The van der Waals surface area contributed by atoms with Crippen molar-refractivity contribution < 1.29 is 9.53 Å². The van der Waals surface area contributed by atoms with Crippen molar-refractivity contribution in [2.45, 2.75) is 19.9 Å². The van der Waals surface area contributed by atoms with E-state index < -0.39 is 0 Å². The predicted octanol–water partition coefficient (Wildman–Crippen LogP) is 2.83. The zero-order chi connectivity index (χ0) is 13.5. The van der Waals surface area contributed by atoms with E-state index in [4.69, 9.17) is 4.74 Å². The fraction of sp³-hybridized carbons (Fsp3) is 0.538. The van der Waals surface area contributed by atoms with Gasteiger partial charge in [-0.2, -0.15) is 0 Å². The van der Waals surface area contributed by atoms with Crippen molar-refractivity contribution in [2.24, 2.45) is 0 Å². The van der Waals surface area contributed by atoms with Gasteiger partial charge in [0.05, 0.1) is 5.69 Å². The molecule has 0 spiro atoms. The van der Waals surface area contributed by atoms with Crippen LogP contribution in [-0.4, -0.2) is 48.6 Å². The molecule has 0 saturated carbocycles. The lowest BCUT2D eigenvalue weighted by molar-refractivity contribution is 0.162. The van der Waals surface area contributed by atoms with Crippen molar-refractivity contribution in [3.05, 3.63) is 24.0 Å². The summed E-state index contributed by atoms with van der Waals surface area (Å²) >= 11 is 0. The van der Waals surface area contributed by atoms with E-state index >= 15 is 0 Å². The highest BCUT2D eigenvalue weighted by molar-refractivity contribution is 5.85. The molecule has 0 N–H and O–H groups in total. The molecule has 1 amide bonds. The Morgan fingerprint density at radius 2 is 1.95 bits per heavy atom. The van der Waals surface area contributed by atoms with Crippen LogP contribution in [0.4, 0.5) is 4.79 Å². The van der Waals surface area contributed by atoms with Crippen LogP contribution < -0.4 is 4.74 Å². The molecular formula is C13H23Cl2N3O2. The summed E-state index contributed by atoms with van der Waals surface area (Å²) < 4.78 is 5.36. The third kappa shape index (κ3) is 6.93. The van der Waals surface area contributed by atoms with Gasteiger partial charge in [0.1, 0.15) is 0 Å². The Kier molecular flexibility index (Phi) is 11.4. The van der Waals surface area contributed by atoms with Gasteiger partial charge in [0.25, 0.3) is 0 Å². The first kappa shape index (κ1) is 21.3. The van der Waals surface area contributed by atoms with E-state index in [2.05, 4.69) is 4.98 Å². The number of hydrogen-bond acceptors (Lipinski definition) is 4. The van der Waals surface area contributed by atoms with E-state index in [0.717, 1.165) is 12.1 Å². The standard InChI is InChI=1S/C13H21N3O2.2ClH/c1-5-9-16(4)13(17)18-12-7-6-8-14-11(12)10-15(2)3;;/h6-8H,5,9-10H2,1-4H3;2*1H. The van der Waals surface area contributed by atoms with Gasteiger partial charge in [0.15, 0.2) is 5.75 Å². The minimum atomic E-state index is -0.343. The molecule has 116 valence electrons. The fourth-order valence-electron chi connectivity index (χ4n) is 1.53. The van der Waals surface area contributed by atoms with Crippen LogP contribution >= 0.6 is 24.8 Å². The van der Waals surface area contributed by atoms with Gasteiger partial charge in [-0.1, -0.05) is 6.92 Å². The first-order chi connectivity index (χ1) is 8.54. The maximum atomic E-state index is 11.8. The molecule has 7 heteroatoms. The van der Waals surface area contributed by atoms with E-state index in [-0.39, 0.29) is 30.9 Å². The molecule has 1 heterocycles. The summed E-state index contributed by atoms with van der Waals surface area (Å²) in [5.74, 6) is 0.527. The molecule has 0 aliphatic rings. The summed E-state index contributed by atoms with van der Waals surface area (Å²) in [6, 6.07) is 3.53. The molecule has 0 aliphatic carbocycles. The molecule has 0 aromatic carbocycles. The number of halogens is 2. The monoisotopic (exact) mass is 323 g/mol. The highest BCUT2D eigenvalue weighted by atomic mass is 35.5. The topological polar surface area (TPSA) is 45.7 Å². The fourth-order valence-corrected chi connectivity index (χ4v) is 1.53. The van der Waals surface area contributed by atoms with Gasteiger partial charge in [-0.3, -0.25) is 4.98 Å². The molecule has 0 saturated heterocycles. The van der Waals surface area contributed by atoms with Gasteiger partial charge >= 0.3 is 6.09 Å². The van der Waals surface area contributed by atoms with Crippen LogP contribution in [0, 0.1) is 0 Å². The SMILES string of the molecule is CCCN(C)C(=O)Oc1cccnc1CN(C)C.Cl.Cl. The van der Waals surface area contributed by atoms with Crippen molar-refractivity contribution in [3.63, 3.8) is 0 Å². The summed E-state index contributed by atoms with van der Waals surface area (Å²) in [7, 11) is 5.63. The van der Waals surface area contributed by atoms with E-state index in [1.807, 2.05) is 25.9 Å². The summed E-state index contributed by atoms with van der Waals surface area (Å²) in [5.41, 5.74) is 0.765. The van der Waals surface area contributed by atoms with E-state index in [1.54, 1.807) is 30.3 Å². The van der Waals surface area contributed by atoms with Gasteiger partial charge in [-0.25, -0.2) is 4.79 Å². The third-order valence-electron chi connectivity index (χ3n) is 2.38. The Morgan fingerprint density at radius 3 is 2.50 bits per heavy atom. The molecule has 20 heavy (non-hydrogen) atoms. The average Bonchev–Trinajstić information content (AvgIpc) is 2.31. The zero-order valence-corrected chi connectivity index (χ0v) is 14.0. The minimum absolute atomic E-state index is 0. The number of hydrogen-bond donors (Lipinski definition) is 0. The molecule has 0 fully saturated rings. The quantitative estimate of drug-likeness (QED) is 0.835. The van der Waals surface area contributed by atoms with Crippen molar-refractivity contribution in [1.29, 1.82) is 0 Å². The maximum absolute atomic E-state index is 11.8. The Hall–Kier alpha value is -1.04. The number of nitrogens with zero attached hydrogens (tertiary/aromatic N) is 3. The number of ether oxygens (including phenoxy) is 1. The number of carbonyl (C=O) groups excluding carboxylic acids is 1. The molecule has 0 unspecified atom stereocenters. The van der Waals surface area contributed by atoms with E-state index in [1.165, 1.54) is 0 Å². The van der Waals surface area contributed by atoms with Gasteiger partial charge < -0.3 is 14.5 Å². The summed E-state index contributed by atoms with van der Waals surface area (Å²) in [5, 5.41) is 0. The van der Waals surface area contributed by atoms with Gasteiger partial charge in [0.2, 0.25) is 0 Å². The van der Waals surface area contributed by atoms with Crippen LogP contribution in [0.1, 0.15) is 19.0 Å². The summed E-state index contributed by atoms with van der Waals surface area (Å²) in [6.45, 7) is 3.34. The van der Waals surface area contributed by atoms with Crippen molar-refractivity contribution >= 4 is 30.9 Å². The molecule has 5 nitrogen and oxygen atoms in total. The maximum Gasteiger partial charge on any atom is 0.415 e. The predicted molar refractivity (Wildman–Crippen MR) is 85.1 cm³/mol. The highest BCUT2D eigenvalue weighted by Crippen LogP contribution is 2.17. The normalized spacial score (nSPS) is 9.45. The average molecular weight is 324 g/mol. The lowest BCUT2D eigenvalue weighted by Gasteiger charge is -2.17. The second-order valence-corrected chi connectivity index (χ2v) is 4.48. The van der Waals surface area contributed by atoms with Crippen LogP contribution in [0.25, 0.3) is 0 Å². The van der Waals surface area contributed by atoms with Crippen molar-refractivity contribution in [1.82, 2.24) is 14.8 Å². The largest absolute Gasteiger partial charge is 0.415 e. The first-order valence-electron chi connectivity index (χ1n) is 6.06. The summed E-state index contributed by atoms with van der Waals surface area (Å²) in [4.78, 5) is 19.6. The van der Waals surface area contributed by atoms with E-state index in [9.17, 15) is 4.79 Å². The number of amides is 1. The van der Waals surface area contributed by atoms with Gasteiger partial charge in [0, 0.05) is 26.3 Å². The molecular weight excluding hydrogens is 301 g/mol. The van der Waals surface area contributed by atoms with Crippen molar-refractivity contribution in [3.8, 4) is 5.75 Å². The molecule has 0 radical (unpaired) electrons. The molecule has 0 atom stereocenters. The van der Waals surface area contributed by atoms with Crippen LogP contribution in [-0.2, 0) is 6.54 Å². The zero-order valence-electron chi connectivity index (χ0n) is 12.3. The lowest BCUT2D eigenvalue weighted by atomic mass is 10.3. The van der Waals surface area contributed by atoms with Crippen LogP contribution in [0.2, 0.25) is 0 Å². The Labute approximate surface area is 133 Å². The highest BCUT2D eigenvalue weighted by Gasteiger charge is 2.13. The third-order valence-corrected chi connectivity index (χ3v) is 2.38. The summed E-state index contributed by atoms with van der Waals surface area (Å²) in [6.07, 6.45) is 2.26. The molecule has 1 aromatic rings. The Bertz CT molecular complexity index is 403. The second-order valence-electron chi connectivity index (χ2n) is 4.48. The minimum Gasteiger partial charge on any atom is -0.408 e. The van der Waals surface area contributed by atoms with Crippen LogP contribution in [0.15, 0.2) is 18.3 Å². The Morgan fingerprint density at radius 1 is 1.30 bits per heavy atom. The van der Waals surface area contributed by atoms with Gasteiger partial charge in [-0.05, 0) is 32.6 Å². The lowest BCUT2D eigenvalue weighted by Crippen LogP contribution is -2.30.